The number of nitrogens with one attached hydrogen (secondary N) is 1. The van der Waals surface area contributed by atoms with Gasteiger partial charge in [-0.2, -0.15) is 13.2 Å². The summed E-state index contributed by atoms with van der Waals surface area (Å²) in [4.78, 5) is 12.4. The summed E-state index contributed by atoms with van der Waals surface area (Å²) in [6, 6.07) is 7.53. The molecule has 0 aliphatic heterocycles. The Balaban J connectivity index is 2.35. The monoisotopic (exact) mass is 421 g/mol. The first-order valence-electron chi connectivity index (χ1n) is 6.83. The predicted octanol–water partition coefficient (Wildman–Crippen LogP) is 5.77. The lowest BCUT2D eigenvalue weighted by atomic mass is 10.1. The second kappa shape index (κ2) is 7.44. The van der Waals surface area contributed by atoms with Gasteiger partial charge in [0, 0.05) is 4.47 Å². The van der Waals surface area contributed by atoms with E-state index in [0.29, 0.717) is 16.8 Å². The standard InChI is InChI=1S/C16H12BrClF3NO2/c1-2-24-14-6-4-10(17)8-11(14)15(23)22-13-7-9(16(19,20)21)3-5-12(13)18/h3-8H,2H2,1H3,(H,22,23). The van der Waals surface area contributed by atoms with Gasteiger partial charge in [0.25, 0.3) is 5.91 Å². The minimum absolute atomic E-state index is 0.00399. The first-order chi connectivity index (χ1) is 11.2. The van der Waals surface area contributed by atoms with E-state index in [1.807, 2.05) is 0 Å². The highest BCUT2D eigenvalue weighted by Gasteiger charge is 2.31. The number of halogens is 5. The number of carbonyl (C=O) groups excluding carboxylic acids is 1. The van der Waals surface area contributed by atoms with Crippen molar-refractivity contribution < 1.29 is 22.7 Å². The van der Waals surface area contributed by atoms with Crippen LogP contribution in [0.4, 0.5) is 18.9 Å². The van der Waals surface area contributed by atoms with Crippen molar-refractivity contribution in [3.8, 4) is 5.75 Å². The number of amides is 1. The third-order valence-corrected chi connectivity index (χ3v) is 3.85. The van der Waals surface area contributed by atoms with Crippen LogP contribution in [0.15, 0.2) is 40.9 Å². The molecule has 0 radical (unpaired) electrons. The van der Waals surface area contributed by atoms with Gasteiger partial charge < -0.3 is 10.1 Å². The molecule has 0 bridgehead atoms. The molecule has 0 heterocycles. The van der Waals surface area contributed by atoms with Crippen LogP contribution in [0.3, 0.4) is 0 Å². The molecule has 0 fully saturated rings. The molecule has 128 valence electrons. The van der Waals surface area contributed by atoms with Crippen molar-refractivity contribution in [3.63, 3.8) is 0 Å². The molecule has 1 N–H and O–H groups in total. The highest BCUT2D eigenvalue weighted by molar-refractivity contribution is 9.10. The molecule has 3 nitrogen and oxygen atoms in total. The van der Waals surface area contributed by atoms with Crippen molar-refractivity contribution in [3.05, 3.63) is 57.0 Å². The molecule has 2 aromatic carbocycles. The van der Waals surface area contributed by atoms with E-state index >= 15 is 0 Å². The van der Waals surface area contributed by atoms with Crippen molar-refractivity contribution in [1.29, 1.82) is 0 Å². The fourth-order valence-corrected chi connectivity index (χ4v) is 2.47. The Morgan fingerprint density at radius 1 is 1.25 bits per heavy atom. The molecule has 2 rings (SSSR count). The lowest BCUT2D eigenvalue weighted by Crippen LogP contribution is -2.15. The van der Waals surface area contributed by atoms with Crippen LogP contribution >= 0.6 is 27.5 Å². The van der Waals surface area contributed by atoms with E-state index in [1.165, 1.54) is 6.07 Å². The fourth-order valence-electron chi connectivity index (χ4n) is 1.95. The van der Waals surface area contributed by atoms with E-state index in [-0.39, 0.29) is 16.3 Å². The summed E-state index contributed by atoms with van der Waals surface area (Å²) in [6.45, 7) is 2.10. The highest BCUT2D eigenvalue weighted by Crippen LogP contribution is 2.34. The molecule has 0 aliphatic carbocycles. The average molecular weight is 423 g/mol. The maximum atomic E-state index is 12.8. The van der Waals surface area contributed by atoms with E-state index in [4.69, 9.17) is 16.3 Å². The number of ether oxygens (including phenoxy) is 1. The molecule has 0 spiro atoms. The summed E-state index contributed by atoms with van der Waals surface area (Å²) in [5.74, 6) is -0.303. The van der Waals surface area contributed by atoms with Crippen LogP contribution in [0, 0.1) is 0 Å². The van der Waals surface area contributed by atoms with Gasteiger partial charge >= 0.3 is 6.18 Å². The number of alkyl halides is 3. The van der Waals surface area contributed by atoms with Crippen LogP contribution in [0.2, 0.25) is 5.02 Å². The van der Waals surface area contributed by atoms with Crippen molar-refractivity contribution in [2.24, 2.45) is 0 Å². The van der Waals surface area contributed by atoms with Gasteiger partial charge in [0.05, 0.1) is 28.4 Å². The van der Waals surface area contributed by atoms with Gasteiger partial charge in [-0.15, -0.1) is 0 Å². The van der Waals surface area contributed by atoms with Crippen LogP contribution in [0.5, 0.6) is 5.75 Å². The summed E-state index contributed by atoms with van der Waals surface area (Å²) in [6.07, 6.45) is -4.53. The molecule has 24 heavy (non-hydrogen) atoms. The molecule has 0 atom stereocenters. The first-order valence-corrected chi connectivity index (χ1v) is 8.00. The summed E-state index contributed by atoms with van der Waals surface area (Å²) >= 11 is 9.13. The van der Waals surface area contributed by atoms with E-state index in [2.05, 4.69) is 21.2 Å². The Labute approximate surface area is 149 Å². The Hall–Kier alpha value is -1.73. The van der Waals surface area contributed by atoms with Gasteiger partial charge in [0.1, 0.15) is 5.75 Å². The molecule has 1 amide bonds. The Morgan fingerprint density at radius 3 is 2.58 bits per heavy atom. The smallest absolute Gasteiger partial charge is 0.416 e. The van der Waals surface area contributed by atoms with Crippen LogP contribution < -0.4 is 10.1 Å². The van der Waals surface area contributed by atoms with E-state index in [9.17, 15) is 18.0 Å². The third-order valence-electron chi connectivity index (χ3n) is 3.03. The molecule has 2 aromatic rings. The third kappa shape index (κ3) is 4.42. The van der Waals surface area contributed by atoms with Gasteiger partial charge in [-0.05, 0) is 43.3 Å². The summed E-state index contributed by atoms with van der Waals surface area (Å²) in [7, 11) is 0. The molecule has 0 saturated heterocycles. The average Bonchev–Trinajstić information content (AvgIpc) is 2.50. The van der Waals surface area contributed by atoms with Crippen molar-refractivity contribution >= 4 is 39.1 Å². The minimum atomic E-state index is -4.53. The number of rotatable bonds is 4. The van der Waals surface area contributed by atoms with Crippen LogP contribution in [-0.2, 0) is 6.18 Å². The number of hydrogen-bond acceptors (Lipinski definition) is 2. The van der Waals surface area contributed by atoms with Crippen LogP contribution in [0.25, 0.3) is 0 Å². The number of hydrogen-bond donors (Lipinski definition) is 1. The SMILES string of the molecule is CCOc1ccc(Br)cc1C(=O)Nc1cc(C(F)(F)F)ccc1Cl. The first kappa shape index (κ1) is 18.6. The minimum Gasteiger partial charge on any atom is -0.493 e. The summed E-state index contributed by atoms with van der Waals surface area (Å²) < 4.78 is 44.4. The Morgan fingerprint density at radius 2 is 1.96 bits per heavy atom. The molecular weight excluding hydrogens is 411 g/mol. The van der Waals surface area contributed by atoms with Crippen LogP contribution in [-0.4, -0.2) is 12.5 Å². The molecule has 0 aromatic heterocycles. The van der Waals surface area contributed by atoms with Crippen molar-refractivity contribution in [2.45, 2.75) is 13.1 Å². The van der Waals surface area contributed by atoms with Gasteiger partial charge in [0.2, 0.25) is 0 Å². The molecule has 8 heteroatoms. The summed E-state index contributed by atoms with van der Waals surface area (Å²) in [5.41, 5.74) is -0.847. The van der Waals surface area contributed by atoms with Gasteiger partial charge in [-0.25, -0.2) is 0 Å². The molecule has 0 aliphatic rings. The number of benzene rings is 2. The van der Waals surface area contributed by atoms with E-state index in [1.54, 1.807) is 19.1 Å². The number of anilines is 1. The van der Waals surface area contributed by atoms with Gasteiger partial charge in [-0.3, -0.25) is 4.79 Å². The van der Waals surface area contributed by atoms with E-state index in [0.717, 1.165) is 18.2 Å². The molecule has 0 saturated carbocycles. The van der Waals surface area contributed by atoms with Crippen molar-refractivity contribution in [1.82, 2.24) is 0 Å². The maximum absolute atomic E-state index is 12.8. The highest BCUT2D eigenvalue weighted by atomic mass is 79.9. The maximum Gasteiger partial charge on any atom is 0.416 e. The largest absolute Gasteiger partial charge is 0.493 e. The Bertz CT molecular complexity index is 765. The molecular formula is C16H12BrClF3NO2. The van der Waals surface area contributed by atoms with Crippen molar-refractivity contribution in [2.75, 3.05) is 11.9 Å². The lowest BCUT2D eigenvalue weighted by Gasteiger charge is -2.14. The molecule has 0 unspecified atom stereocenters. The predicted molar refractivity (Wildman–Crippen MR) is 89.7 cm³/mol. The zero-order valence-electron chi connectivity index (χ0n) is 12.4. The lowest BCUT2D eigenvalue weighted by molar-refractivity contribution is -0.137. The normalized spacial score (nSPS) is 11.2. The van der Waals surface area contributed by atoms with Gasteiger partial charge in [-0.1, -0.05) is 27.5 Å². The van der Waals surface area contributed by atoms with Crippen LogP contribution in [0.1, 0.15) is 22.8 Å². The Kier molecular flexibility index (Phi) is 5.77. The van der Waals surface area contributed by atoms with Gasteiger partial charge in [0.15, 0.2) is 0 Å². The summed E-state index contributed by atoms with van der Waals surface area (Å²) in [5, 5.41) is 2.40. The zero-order valence-corrected chi connectivity index (χ0v) is 14.7. The quantitative estimate of drug-likeness (QED) is 0.679. The second-order valence-corrected chi connectivity index (χ2v) is 6.04. The van der Waals surface area contributed by atoms with E-state index < -0.39 is 17.6 Å². The fraction of sp³-hybridized carbons (Fsp3) is 0.188. The zero-order chi connectivity index (χ0) is 17.9. The number of carbonyl (C=O) groups is 1. The second-order valence-electron chi connectivity index (χ2n) is 4.72. The topological polar surface area (TPSA) is 38.3 Å².